The Morgan fingerprint density at radius 3 is 2.92 bits per heavy atom. The molecular formula is C10H11NOS. The summed E-state index contributed by atoms with van der Waals surface area (Å²) in [5.41, 5.74) is 1.17. The predicted molar refractivity (Wildman–Crippen MR) is 55.5 cm³/mol. The van der Waals surface area contributed by atoms with Gasteiger partial charge in [0.2, 0.25) is 0 Å². The molecule has 0 radical (unpaired) electrons. The van der Waals surface area contributed by atoms with Crippen LogP contribution in [0.3, 0.4) is 0 Å². The third-order valence-electron chi connectivity index (χ3n) is 2.15. The van der Waals surface area contributed by atoms with Crippen LogP contribution in [0.5, 0.6) is 0 Å². The van der Waals surface area contributed by atoms with Crippen molar-refractivity contribution in [2.45, 2.75) is 13.0 Å². The molecule has 1 atom stereocenters. The maximum atomic E-state index is 5.16. The van der Waals surface area contributed by atoms with Gasteiger partial charge in [-0.05, 0) is 23.8 Å². The van der Waals surface area contributed by atoms with Gasteiger partial charge in [-0.2, -0.15) is 0 Å². The minimum Gasteiger partial charge on any atom is -0.297 e. The van der Waals surface area contributed by atoms with E-state index in [9.17, 15) is 0 Å². The number of nitrogens with two attached hydrogens (primary N) is 1. The van der Waals surface area contributed by atoms with Gasteiger partial charge in [-0.15, -0.1) is 11.3 Å². The second-order valence-electron chi connectivity index (χ2n) is 2.97. The van der Waals surface area contributed by atoms with Gasteiger partial charge in [0, 0.05) is 10.3 Å². The molecule has 0 aliphatic heterocycles. The quantitative estimate of drug-likeness (QED) is 0.744. The van der Waals surface area contributed by atoms with Crippen molar-refractivity contribution >= 4 is 21.4 Å². The van der Waals surface area contributed by atoms with Gasteiger partial charge in [-0.25, -0.2) is 5.90 Å². The average molecular weight is 193 g/mol. The molecule has 2 nitrogen and oxygen atoms in total. The number of hydrogen-bond donors (Lipinski definition) is 1. The van der Waals surface area contributed by atoms with Gasteiger partial charge in [-0.1, -0.05) is 18.2 Å². The molecule has 1 aromatic heterocycles. The summed E-state index contributed by atoms with van der Waals surface area (Å²) >= 11 is 1.72. The van der Waals surface area contributed by atoms with Crippen LogP contribution in [0.4, 0.5) is 0 Å². The van der Waals surface area contributed by atoms with Crippen LogP contribution in [0.1, 0.15) is 18.6 Å². The normalized spacial score (nSPS) is 13.4. The summed E-state index contributed by atoms with van der Waals surface area (Å²) in [7, 11) is 0. The minimum absolute atomic E-state index is 0.0313. The van der Waals surface area contributed by atoms with E-state index in [1.165, 1.54) is 15.6 Å². The van der Waals surface area contributed by atoms with Crippen molar-refractivity contribution in [2.75, 3.05) is 0 Å². The molecule has 0 aliphatic rings. The van der Waals surface area contributed by atoms with E-state index in [2.05, 4.69) is 17.5 Å². The molecule has 0 spiro atoms. The van der Waals surface area contributed by atoms with Gasteiger partial charge < -0.3 is 0 Å². The Bertz CT molecular complexity index is 410. The van der Waals surface area contributed by atoms with Crippen LogP contribution in [0.2, 0.25) is 0 Å². The van der Waals surface area contributed by atoms with Crippen molar-refractivity contribution in [3.63, 3.8) is 0 Å². The number of fused-ring (bicyclic) bond motifs is 1. The highest BCUT2D eigenvalue weighted by molar-refractivity contribution is 7.17. The number of hydrogen-bond acceptors (Lipinski definition) is 3. The molecule has 0 amide bonds. The first-order chi connectivity index (χ1) is 6.33. The Balaban J connectivity index is 2.57. The van der Waals surface area contributed by atoms with Gasteiger partial charge in [0.1, 0.15) is 6.10 Å². The number of rotatable bonds is 2. The third-order valence-corrected chi connectivity index (χ3v) is 3.13. The van der Waals surface area contributed by atoms with E-state index in [1.807, 2.05) is 19.1 Å². The maximum absolute atomic E-state index is 5.16. The highest BCUT2D eigenvalue weighted by Gasteiger charge is 2.09. The Hall–Kier alpha value is -0.900. The van der Waals surface area contributed by atoms with Crippen LogP contribution in [0.25, 0.3) is 10.1 Å². The van der Waals surface area contributed by atoms with Crippen molar-refractivity contribution in [3.8, 4) is 0 Å². The van der Waals surface area contributed by atoms with Crippen LogP contribution in [-0.2, 0) is 4.84 Å². The van der Waals surface area contributed by atoms with Crippen LogP contribution < -0.4 is 5.90 Å². The zero-order chi connectivity index (χ0) is 9.26. The molecule has 0 fully saturated rings. The van der Waals surface area contributed by atoms with Crippen LogP contribution >= 0.6 is 11.3 Å². The van der Waals surface area contributed by atoms with Gasteiger partial charge >= 0.3 is 0 Å². The fourth-order valence-electron chi connectivity index (χ4n) is 1.39. The Labute approximate surface area is 80.9 Å². The van der Waals surface area contributed by atoms with E-state index in [0.717, 1.165) is 0 Å². The topological polar surface area (TPSA) is 35.2 Å². The van der Waals surface area contributed by atoms with Crippen LogP contribution in [-0.4, -0.2) is 0 Å². The lowest BCUT2D eigenvalue weighted by Gasteiger charge is -2.06. The first-order valence-electron chi connectivity index (χ1n) is 4.14. The molecule has 2 N–H and O–H groups in total. The molecule has 1 heterocycles. The summed E-state index contributed by atoms with van der Waals surface area (Å²) in [5, 5.41) is 3.34. The fourth-order valence-corrected chi connectivity index (χ4v) is 2.43. The molecular weight excluding hydrogens is 182 g/mol. The molecule has 0 saturated carbocycles. The van der Waals surface area contributed by atoms with Crippen LogP contribution in [0, 0.1) is 0 Å². The zero-order valence-electron chi connectivity index (χ0n) is 7.36. The van der Waals surface area contributed by atoms with E-state index in [0.29, 0.717) is 0 Å². The van der Waals surface area contributed by atoms with Crippen molar-refractivity contribution in [1.82, 2.24) is 0 Å². The van der Waals surface area contributed by atoms with Gasteiger partial charge in [-0.3, -0.25) is 4.84 Å². The maximum Gasteiger partial charge on any atom is 0.102 e. The summed E-state index contributed by atoms with van der Waals surface area (Å²) in [4.78, 5) is 4.81. The Morgan fingerprint density at radius 2 is 2.15 bits per heavy atom. The highest BCUT2D eigenvalue weighted by Crippen LogP contribution is 2.30. The third kappa shape index (κ3) is 1.46. The second-order valence-corrected chi connectivity index (χ2v) is 3.88. The first-order valence-corrected chi connectivity index (χ1v) is 5.02. The molecule has 0 bridgehead atoms. The molecule has 1 aromatic carbocycles. The van der Waals surface area contributed by atoms with Gasteiger partial charge in [0.25, 0.3) is 0 Å². The molecule has 3 heteroatoms. The summed E-state index contributed by atoms with van der Waals surface area (Å²) in [6.45, 7) is 1.95. The van der Waals surface area contributed by atoms with E-state index in [4.69, 9.17) is 10.7 Å². The van der Waals surface area contributed by atoms with E-state index in [-0.39, 0.29) is 6.10 Å². The Morgan fingerprint density at radius 1 is 1.38 bits per heavy atom. The smallest absolute Gasteiger partial charge is 0.102 e. The predicted octanol–water partition coefficient (Wildman–Crippen LogP) is 2.85. The summed E-state index contributed by atoms with van der Waals surface area (Å²) in [5.74, 6) is 5.16. The van der Waals surface area contributed by atoms with Crippen molar-refractivity contribution in [1.29, 1.82) is 0 Å². The standard InChI is InChI=1S/C10H11NOS/c1-7(12-11)9-6-13-10-5-3-2-4-8(9)10/h2-7H,11H2,1H3. The monoisotopic (exact) mass is 193 g/mol. The lowest BCUT2D eigenvalue weighted by atomic mass is 10.1. The zero-order valence-corrected chi connectivity index (χ0v) is 8.17. The molecule has 0 aliphatic carbocycles. The van der Waals surface area contributed by atoms with Crippen molar-refractivity contribution < 1.29 is 4.84 Å². The van der Waals surface area contributed by atoms with E-state index < -0.39 is 0 Å². The second kappa shape index (κ2) is 3.46. The first kappa shape index (κ1) is 8.69. The highest BCUT2D eigenvalue weighted by atomic mass is 32.1. The summed E-state index contributed by atoms with van der Waals surface area (Å²) in [6.07, 6.45) is -0.0313. The number of benzene rings is 1. The minimum atomic E-state index is -0.0313. The average Bonchev–Trinajstić information content (AvgIpc) is 2.60. The lowest BCUT2D eigenvalue weighted by molar-refractivity contribution is 0.0676. The van der Waals surface area contributed by atoms with E-state index in [1.54, 1.807) is 11.3 Å². The summed E-state index contributed by atoms with van der Waals surface area (Å²) < 4.78 is 1.28. The number of thiophene rings is 1. The molecule has 2 aromatic rings. The lowest BCUT2D eigenvalue weighted by Crippen LogP contribution is -2.04. The van der Waals surface area contributed by atoms with Crippen molar-refractivity contribution in [2.24, 2.45) is 5.90 Å². The molecule has 2 rings (SSSR count). The van der Waals surface area contributed by atoms with E-state index >= 15 is 0 Å². The Kier molecular flexibility index (Phi) is 2.31. The van der Waals surface area contributed by atoms with Gasteiger partial charge in [0.05, 0.1) is 0 Å². The fraction of sp³-hybridized carbons (Fsp3) is 0.200. The largest absolute Gasteiger partial charge is 0.297 e. The van der Waals surface area contributed by atoms with Crippen LogP contribution in [0.15, 0.2) is 29.6 Å². The SMILES string of the molecule is CC(ON)c1csc2ccccc12. The molecule has 0 saturated heterocycles. The molecule has 1 unspecified atom stereocenters. The van der Waals surface area contributed by atoms with Crippen molar-refractivity contribution in [3.05, 3.63) is 35.2 Å². The molecule has 68 valence electrons. The summed E-state index contributed by atoms with van der Waals surface area (Å²) in [6, 6.07) is 8.27. The van der Waals surface area contributed by atoms with Gasteiger partial charge in [0.15, 0.2) is 0 Å². The molecule has 13 heavy (non-hydrogen) atoms.